The van der Waals surface area contributed by atoms with E-state index in [1.54, 1.807) is 6.07 Å². The van der Waals surface area contributed by atoms with E-state index in [2.05, 4.69) is 14.8 Å². The molecule has 2 aromatic rings. The Labute approximate surface area is 196 Å². The first-order chi connectivity index (χ1) is 13.9. The molecule has 0 amide bonds. The van der Waals surface area contributed by atoms with Gasteiger partial charge < -0.3 is 14.7 Å². The largest absolute Gasteiger partial charge is 0.495 e. The molecule has 0 spiro atoms. The van der Waals surface area contributed by atoms with Crippen molar-refractivity contribution in [2.75, 3.05) is 44.7 Å². The van der Waals surface area contributed by atoms with Crippen LogP contribution in [-0.2, 0) is 10.0 Å². The number of anilines is 1. The summed E-state index contributed by atoms with van der Waals surface area (Å²) in [7, 11) is -2.54. The lowest BCUT2D eigenvalue weighted by atomic mass is 10.0. The van der Waals surface area contributed by atoms with Crippen molar-refractivity contribution < 1.29 is 18.3 Å². The molecule has 31 heavy (non-hydrogen) atoms. The number of benzene rings is 1. The number of piperazine rings is 1. The van der Waals surface area contributed by atoms with Crippen LogP contribution >= 0.6 is 24.8 Å². The molecule has 1 aliphatic rings. The van der Waals surface area contributed by atoms with E-state index in [9.17, 15) is 13.5 Å². The molecule has 0 saturated carbocycles. The number of hydrogen-bond donors (Lipinski definition) is 2. The van der Waals surface area contributed by atoms with Gasteiger partial charge in [-0.15, -0.1) is 24.8 Å². The number of rotatable bonds is 8. The van der Waals surface area contributed by atoms with E-state index in [0.717, 1.165) is 45.0 Å². The summed E-state index contributed by atoms with van der Waals surface area (Å²) in [6.07, 6.45) is 2.40. The summed E-state index contributed by atoms with van der Waals surface area (Å²) in [5.74, 6) is 1.18. The van der Waals surface area contributed by atoms with E-state index in [1.807, 2.05) is 24.4 Å². The fourth-order valence-corrected chi connectivity index (χ4v) is 4.27. The van der Waals surface area contributed by atoms with Gasteiger partial charge in [-0.25, -0.2) is 18.5 Å². The number of ether oxygens (including phenoxy) is 1. The molecule has 3 N–H and O–H groups in total. The van der Waals surface area contributed by atoms with Crippen molar-refractivity contribution in [3.05, 3.63) is 48.2 Å². The molecule has 0 radical (unpaired) electrons. The van der Waals surface area contributed by atoms with E-state index in [-0.39, 0.29) is 35.5 Å². The number of primary sulfonamides is 1. The second-order valence-electron chi connectivity index (χ2n) is 7.13. The Balaban J connectivity index is 0.00000240. The number of sulfonamides is 1. The predicted molar refractivity (Wildman–Crippen MR) is 126 cm³/mol. The maximum Gasteiger partial charge on any atom is 0.241 e. The lowest BCUT2D eigenvalue weighted by molar-refractivity contribution is 0.153. The van der Waals surface area contributed by atoms with Crippen LogP contribution in [0.4, 0.5) is 5.82 Å². The lowest BCUT2D eigenvalue weighted by Gasteiger charge is -2.35. The minimum absolute atomic E-state index is 0. The first kappa shape index (κ1) is 27.4. The van der Waals surface area contributed by atoms with E-state index in [4.69, 9.17) is 9.88 Å². The van der Waals surface area contributed by atoms with Gasteiger partial charge in [-0.3, -0.25) is 4.90 Å². The first-order valence-electron chi connectivity index (χ1n) is 9.65. The highest BCUT2D eigenvalue weighted by Gasteiger charge is 2.20. The summed E-state index contributed by atoms with van der Waals surface area (Å²) >= 11 is 0. The van der Waals surface area contributed by atoms with Crippen LogP contribution in [0.2, 0.25) is 0 Å². The zero-order valence-corrected chi connectivity index (χ0v) is 19.8. The molecule has 0 bridgehead atoms. The van der Waals surface area contributed by atoms with Crippen LogP contribution in [-0.4, -0.2) is 63.2 Å². The van der Waals surface area contributed by atoms with Crippen molar-refractivity contribution >= 4 is 40.7 Å². The summed E-state index contributed by atoms with van der Waals surface area (Å²) in [5.41, 5.74) is 0.523. The molecular formula is C20H30Cl2N4O4S. The minimum Gasteiger partial charge on any atom is -0.495 e. The number of methoxy groups -OCH3 is 1. The Morgan fingerprint density at radius 1 is 1.16 bits per heavy atom. The average molecular weight is 493 g/mol. The average Bonchev–Trinajstić information content (AvgIpc) is 2.73. The van der Waals surface area contributed by atoms with Crippen LogP contribution in [0, 0.1) is 0 Å². The fraction of sp³-hybridized carbons (Fsp3) is 0.450. The Morgan fingerprint density at radius 2 is 1.87 bits per heavy atom. The molecule has 1 unspecified atom stereocenters. The van der Waals surface area contributed by atoms with Crippen LogP contribution in [0.1, 0.15) is 24.5 Å². The van der Waals surface area contributed by atoms with Crippen LogP contribution in [0.15, 0.2) is 47.5 Å². The van der Waals surface area contributed by atoms with Crippen molar-refractivity contribution in [1.29, 1.82) is 0 Å². The third kappa shape index (κ3) is 7.48. The second kappa shape index (κ2) is 12.4. The molecule has 8 nitrogen and oxygen atoms in total. The number of nitrogens with zero attached hydrogens (tertiary/aromatic N) is 3. The van der Waals surface area contributed by atoms with E-state index in [1.165, 1.54) is 19.2 Å². The molecule has 3 rings (SSSR count). The van der Waals surface area contributed by atoms with Crippen molar-refractivity contribution in [2.24, 2.45) is 5.14 Å². The third-order valence-electron chi connectivity index (χ3n) is 5.18. The normalized spacial score (nSPS) is 15.5. The van der Waals surface area contributed by atoms with Crippen LogP contribution in [0.3, 0.4) is 0 Å². The van der Waals surface area contributed by atoms with Crippen molar-refractivity contribution in [3.63, 3.8) is 0 Å². The van der Waals surface area contributed by atoms with Gasteiger partial charge in [0.25, 0.3) is 0 Å². The monoisotopic (exact) mass is 492 g/mol. The number of nitrogens with two attached hydrogens (primary N) is 1. The number of aromatic nitrogens is 1. The molecule has 1 atom stereocenters. The summed E-state index contributed by atoms with van der Waals surface area (Å²) in [6, 6.07) is 10.5. The molecule has 0 aliphatic carbocycles. The summed E-state index contributed by atoms with van der Waals surface area (Å²) < 4.78 is 28.5. The van der Waals surface area contributed by atoms with E-state index < -0.39 is 16.1 Å². The summed E-state index contributed by atoms with van der Waals surface area (Å²) in [5, 5.41) is 15.7. The van der Waals surface area contributed by atoms with Crippen molar-refractivity contribution in [1.82, 2.24) is 9.88 Å². The number of aliphatic hydroxyl groups is 1. The van der Waals surface area contributed by atoms with Gasteiger partial charge in [0.05, 0.1) is 13.2 Å². The number of halogens is 2. The molecule has 174 valence electrons. The quantitative estimate of drug-likeness (QED) is 0.581. The smallest absolute Gasteiger partial charge is 0.241 e. The number of aliphatic hydroxyl groups excluding tert-OH is 1. The van der Waals surface area contributed by atoms with Gasteiger partial charge in [-0.2, -0.15) is 0 Å². The van der Waals surface area contributed by atoms with Gasteiger partial charge in [0.15, 0.2) is 0 Å². The van der Waals surface area contributed by atoms with Gasteiger partial charge in [-0.1, -0.05) is 12.1 Å². The molecule has 11 heteroatoms. The first-order valence-corrected chi connectivity index (χ1v) is 11.2. The fourth-order valence-electron chi connectivity index (χ4n) is 3.54. The molecule has 1 saturated heterocycles. The third-order valence-corrected chi connectivity index (χ3v) is 6.11. The van der Waals surface area contributed by atoms with Gasteiger partial charge in [0.1, 0.15) is 16.5 Å². The van der Waals surface area contributed by atoms with Crippen molar-refractivity contribution in [2.45, 2.75) is 23.8 Å². The molecule has 1 fully saturated rings. The zero-order chi connectivity index (χ0) is 20.9. The molecule has 1 aromatic heterocycles. The van der Waals surface area contributed by atoms with Crippen LogP contribution in [0.5, 0.6) is 5.75 Å². The number of hydrogen-bond acceptors (Lipinski definition) is 7. The SMILES string of the molecule is COc1ccc(C(O)CCCN2CCN(c3ccccn3)CC2)cc1S(N)(=O)=O.Cl.Cl. The zero-order valence-electron chi connectivity index (χ0n) is 17.4. The Kier molecular flexibility index (Phi) is 11.0. The van der Waals surface area contributed by atoms with Gasteiger partial charge in [-0.05, 0) is 49.2 Å². The Bertz CT molecular complexity index is 911. The molecular weight excluding hydrogens is 463 g/mol. The Hall–Kier alpha value is -1.62. The standard InChI is InChI=1S/C20H28N4O4S.2ClH/c1-28-18-8-7-16(15-19(18)29(21,26)27)17(25)5-4-10-23-11-13-24(14-12-23)20-6-2-3-9-22-20;;/h2-3,6-9,15,17,25H,4-5,10-14H2,1H3,(H2,21,26,27);2*1H. The summed E-state index contributed by atoms with van der Waals surface area (Å²) in [6.45, 7) is 4.63. The Morgan fingerprint density at radius 3 is 2.45 bits per heavy atom. The van der Waals surface area contributed by atoms with Gasteiger partial charge in [0, 0.05) is 32.4 Å². The van der Waals surface area contributed by atoms with Crippen LogP contribution < -0.4 is 14.8 Å². The summed E-state index contributed by atoms with van der Waals surface area (Å²) in [4.78, 5) is 8.93. The minimum atomic E-state index is -3.92. The van der Waals surface area contributed by atoms with Gasteiger partial charge >= 0.3 is 0 Å². The highest BCUT2D eigenvalue weighted by Crippen LogP contribution is 2.28. The highest BCUT2D eigenvalue weighted by molar-refractivity contribution is 7.89. The lowest BCUT2D eigenvalue weighted by Crippen LogP contribution is -2.46. The predicted octanol–water partition coefficient (Wildman–Crippen LogP) is 2.22. The van der Waals surface area contributed by atoms with Gasteiger partial charge in [0.2, 0.25) is 10.0 Å². The second-order valence-corrected chi connectivity index (χ2v) is 8.66. The van der Waals surface area contributed by atoms with E-state index >= 15 is 0 Å². The highest BCUT2D eigenvalue weighted by atomic mass is 35.5. The van der Waals surface area contributed by atoms with E-state index in [0.29, 0.717) is 12.0 Å². The maximum atomic E-state index is 11.7. The topological polar surface area (TPSA) is 109 Å². The maximum absolute atomic E-state index is 11.7. The van der Waals surface area contributed by atoms with Crippen molar-refractivity contribution in [3.8, 4) is 5.75 Å². The number of pyridine rings is 1. The molecule has 1 aliphatic heterocycles. The molecule has 2 heterocycles. The molecule has 1 aromatic carbocycles. The van der Waals surface area contributed by atoms with Crippen LogP contribution in [0.25, 0.3) is 0 Å².